The van der Waals surface area contributed by atoms with Crippen molar-refractivity contribution in [1.29, 1.82) is 0 Å². The SMILES string of the molecule is CCCC1CCC(N)C(CN(C)C2CCOCC2)C1. The first kappa shape index (κ1) is 15.3. The zero-order valence-corrected chi connectivity index (χ0v) is 12.8. The van der Waals surface area contributed by atoms with Crippen molar-refractivity contribution in [3.8, 4) is 0 Å². The third kappa shape index (κ3) is 4.44. The molecule has 3 heteroatoms. The van der Waals surface area contributed by atoms with Crippen LogP contribution in [-0.2, 0) is 4.74 Å². The Balaban J connectivity index is 1.81. The third-order valence-electron chi connectivity index (χ3n) is 5.18. The van der Waals surface area contributed by atoms with E-state index in [0.29, 0.717) is 18.0 Å². The standard InChI is InChI=1S/C16H32N2O/c1-3-4-13-5-6-16(17)14(11-13)12-18(2)15-7-9-19-10-8-15/h13-16H,3-12,17H2,1-2H3. The molecule has 0 aromatic rings. The normalized spacial score (nSPS) is 33.8. The van der Waals surface area contributed by atoms with Gasteiger partial charge in [-0.15, -0.1) is 0 Å². The maximum absolute atomic E-state index is 6.36. The third-order valence-corrected chi connectivity index (χ3v) is 5.18. The van der Waals surface area contributed by atoms with Gasteiger partial charge in [0.2, 0.25) is 0 Å². The Morgan fingerprint density at radius 2 is 1.89 bits per heavy atom. The van der Waals surface area contributed by atoms with Crippen LogP contribution in [0.2, 0.25) is 0 Å². The molecule has 3 unspecified atom stereocenters. The molecule has 1 saturated carbocycles. The fourth-order valence-corrected chi connectivity index (χ4v) is 3.91. The Kier molecular flexibility index (Phi) is 6.11. The smallest absolute Gasteiger partial charge is 0.0480 e. The van der Waals surface area contributed by atoms with Crippen LogP contribution in [0.5, 0.6) is 0 Å². The summed E-state index contributed by atoms with van der Waals surface area (Å²) in [5.74, 6) is 1.64. The molecule has 2 aliphatic rings. The van der Waals surface area contributed by atoms with Crippen LogP contribution < -0.4 is 5.73 Å². The van der Waals surface area contributed by atoms with Crippen molar-refractivity contribution in [3.63, 3.8) is 0 Å². The first-order chi connectivity index (χ1) is 9.20. The molecule has 2 rings (SSSR count). The van der Waals surface area contributed by atoms with Gasteiger partial charge in [0.25, 0.3) is 0 Å². The lowest BCUT2D eigenvalue weighted by atomic mass is 9.76. The first-order valence-corrected chi connectivity index (χ1v) is 8.24. The van der Waals surface area contributed by atoms with E-state index in [9.17, 15) is 0 Å². The highest BCUT2D eigenvalue weighted by molar-refractivity contribution is 4.85. The van der Waals surface area contributed by atoms with Gasteiger partial charge in [-0.3, -0.25) is 0 Å². The summed E-state index contributed by atoms with van der Waals surface area (Å²) in [5, 5.41) is 0. The molecule has 2 N–H and O–H groups in total. The van der Waals surface area contributed by atoms with E-state index in [1.807, 2.05) is 0 Å². The predicted molar refractivity (Wildman–Crippen MR) is 80.2 cm³/mol. The van der Waals surface area contributed by atoms with Crippen LogP contribution in [0.1, 0.15) is 51.9 Å². The summed E-state index contributed by atoms with van der Waals surface area (Å²) < 4.78 is 5.46. The van der Waals surface area contributed by atoms with Gasteiger partial charge in [-0.05, 0) is 51.0 Å². The zero-order chi connectivity index (χ0) is 13.7. The topological polar surface area (TPSA) is 38.5 Å². The number of hydrogen-bond acceptors (Lipinski definition) is 3. The molecule has 2 fully saturated rings. The lowest BCUT2D eigenvalue weighted by Gasteiger charge is -2.39. The average Bonchev–Trinajstić information content (AvgIpc) is 2.44. The van der Waals surface area contributed by atoms with Crippen LogP contribution in [-0.4, -0.2) is 43.8 Å². The van der Waals surface area contributed by atoms with Gasteiger partial charge in [-0.2, -0.15) is 0 Å². The molecular formula is C16H32N2O. The quantitative estimate of drug-likeness (QED) is 0.833. The van der Waals surface area contributed by atoms with Crippen LogP contribution in [0.15, 0.2) is 0 Å². The highest BCUT2D eigenvalue weighted by Crippen LogP contribution is 2.32. The summed E-state index contributed by atoms with van der Waals surface area (Å²) in [5.41, 5.74) is 6.36. The lowest BCUT2D eigenvalue weighted by Crippen LogP contribution is -2.46. The maximum atomic E-state index is 6.36. The minimum absolute atomic E-state index is 0.426. The molecule has 1 aliphatic carbocycles. The molecule has 0 bridgehead atoms. The van der Waals surface area contributed by atoms with Gasteiger partial charge in [0, 0.05) is 31.8 Å². The number of ether oxygens (including phenoxy) is 1. The second-order valence-corrected chi connectivity index (χ2v) is 6.67. The summed E-state index contributed by atoms with van der Waals surface area (Å²) >= 11 is 0. The molecule has 0 amide bonds. The predicted octanol–water partition coefficient (Wildman–Crippen LogP) is 2.64. The van der Waals surface area contributed by atoms with Crippen LogP contribution in [0.25, 0.3) is 0 Å². The molecule has 0 radical (unpaired) electrons. The summed E-state index contributed by atoms with van der Waals surface area (Å²) in [6, 6.07) is 1.14. The van der Waals surface area contributed by atoms with Crippen molar-refractivity contribution in [1.82, 2.24) is 4.90 Å². The van der Waals surface area contributed by atoms with E-state index in [2.05, 4.69) is 18.9 Å². The molecular weight excluding hydrogens is 236 g/mol. The first-order valence-electron chi connectivity index (χ1n) is 8.24. The highest BCUT2D eigenvalue weighted by Gasteiger charge is 2.30. The van der Waals surface area contributed by atoms with E-state index in [1.165, 1.54) is 51.5 Å². The second kappa shape index (κ2) is 7.61. The molecule has 0 aromatic carbocycles. The monoisotopic (exact) mass is 268 g/mol. The highest BCUT2D eigenvalue weighted by atomic mass is 16.5. The zero-order valence-electron chi connectivity index (χ0n) is 12.8. The van der Waals surface area contributed by atoms with Crippen molar-refractivity contribution in [3.05, 3.63) is 0 Å². The molecule has 112 valence electrons. The van der Waals surface area contributed by atoms with Crippen molar-refractivity contribution in [2.75, 3.05) is 26.8 Å². The Morgan fingerprint density at radius 1 is 1.16 bits per heavy atom. The van der Waals surface area contributed by atoms with Gasteiger partial charge in [0.05, 0.1) is 0 Å². The number of nitrogens with zero attached hydrogens (tertiary/aromatic N) is 1. The summed E-state index contributed by atoms with van der Waals surface area (Å²) in [4.78, 5) is 2.56. The number of rotatable bonds is 5. The molecule has 0 aromatic heterocycles. The minimum atomic E-state index is 0.426. The molecule has 1 heterocycles. The van der Waals surface area contributed by atoms with Crippen LogP contribution in [0.4, 0.5) is 0 Å². The molecule has 3 atom stereocenters. The second-order valence-electron chi connectivity index (χ2n) is 6.67. The number of hydrogen-bond donors (Lipinski definition) is 1. The Hall–Kier alpha value is -0.120. The van der Waals surface area contributed by atoms with Gasteiger partial charge >= 0.3 is 0 Å². The Morgan fingerprint density at radius 3 is 2.58 bits per heavy atom. The summed E-state index contributed by atoms with van der Waals surface area (Å²) in [6.45, 7) is 5.36. The van der Waals surface area contributed by atoms with Gasteiger partial charge in [0.1, 0.15) is 0 Å². The fraction of sp³-hybridized carbons (Fsp3) is 1.00. The minimum Gasteiger partial charge on any atom is -0.381 e. The largest absolute Gasteiger partial charge is 0.381 e. The van der Waals surface area contributed by atoms with E-state index in [-0.39, 0.29) is 0 Å². The molecule has 1 aliphatic heterocycles. The van der Waals surface area contributed by atoms with Crippen LogP contribution in [0.3, 0.4) is 0 Å². The van der Waals surface area contributed by atoms with Crippen molar-refractivity contribution in [2.45, 2.75) is 64.0 Å². The molecule has 3 nitrogen and oxygen atoms in total. The molecule has 19 heavy (non-hydrogen) atoms. The lowest BCUT2D eigenvalue weighted by molar-refractivity contribution is 0.0326. The molecule has 0 spiro atoms. The van der Waals surface area contributed by atoms with Crippen molar-refractivity contribution in [2.24, 2.45) is 17.6 Å². The van der Waals surface area contributed by atoms with E-state index in [0.717, 1.165) is 19.1 Å². The van der Waals surface area contributed by atoms with Gasteiger partial charge in [-0.25, -0.2) is 0 Å². The van der Waals surface area contributed by atoms with Gasteiger partial charge in [0.15, 0.2) is 0 Å². The van der Waals surface area contributed by atoms with E-state index < -0.39 is 0 Å². The summed E-state index contributed by atoms with van der Waals surface area (Å²) in [7, 11) is 2.28. The number of nitrogens with two attached hydrogens (primary N) is 1. The Labute approximate surface area is 118 Å². The van der Waals surface area contributed by atoms with Gasteiger partial charge in [-0.1, -0.05) is 19.8 Å². The van der Waals surface area contributed by atoms with Crippen LogP contribution >= 0.6 is 0 Å². The van der Waals surface area contributed by atoms with Crippen LogP contribution in [0, 0.1) is 11.8 Å². The Bertz CT molecular complexity index is 253. The van der Waals surface area contributed by atoms with E-state index >= 15 is 0 Å². The molecule has 1 saturated heterocycles. The average molecular weight is 268 g/mol. The van der Waals surface area contributed by atoms with Crippen molar-refractivity contribution >= 4 is 0 Å². The van der Waals surface area contributed by atoms with Gasteiger partial charge < -0.3 is 15.4 Å². The summed E-state index contributed by atoms with van der Waals surface area (Å²) in [6.07, 6.45) is 9.03. The van der Waals surface area contributed by atoms with E-state index in [4.69, 9.17) is 10.5 Å². The van der Waals surface area contributed by atoms with E-state index in [1.54, 1.807) is 0 Å². The fourth-order valence-electron chi connectivity index (χ4n) is 3.91. The van der Waals surface area contributed by atoms with Crippen molar-refractivity contribution < 1.29 is 4.74 Å². The maximum Gasteiger partial charge on any atom is 0.0480 e.